The molecule has 2 rings (SSSR count). The molecule has 0 radical (unpaired) electrons. The summed E-state index contributed by atoms with van der Waals surface area (Å²) >= 11 is 4.54. The number of hydrogen-bond donors (Lipinski definition) is 1. The fraction of sp³-hybridized carbons (Fsp3) is 0.444. The number of nitrogens with one attached hydrogen (secondary N) is 1. The van der Waals surface area contributed by atoms with Gasteiger partial charge in [-0.15, -0.1) is 10.2 Å². The second kappa shape index (κ2) is 10.7. The summed E-state index contributed by atoms with van der Waals surface area (Å²) in [7, 11) is 0. The van der Waals surface area contributed by atoms with Crippen LogP contribution in [0.1, 0.15) is 26.3 Å². The number of thioether (sulfide) groups is 2. The summed E-state index contributed by atoms with van der Waals surface area (Å²) < 4.78 is 1.70. The second-order valence-corrected chi connectivity index (χ2v) is 9.71. The minimum atomic E-state index is -0.503. The van der Waals surface area contributed by atoms with E-state index in [2.05, 4.69) is 29.4 Å². The number of nitrogens with zero attached hydrogens (tertiary/aromatic N) is 2. The Morgan fingerprint density at radius 2 is 1.77 bits per heavy atom. The van der Waals surface area contributed by atoms with Gasteiger partial charge in [0, 0.05) is 5.75 Å². The summed E-state index contributed by atoms with van der Waals surface area (Å²) in [6.45, 7) is 5.83. The van der Waals surface area contributed by atoms with Crippen LogP contribution in [-0.4, -0.2) is 39.4 Å². The summed E-state index contributed by atoms with van der Waals surface area (Å²) in [5, 5.41) is 11.1. The smallest absolute Gasteiger partial charge is 0.231 e. The molecule has 1 aromatic heterocycles. The molecule has 8 heteroatoms. The van der Waals surface area contributed by atoms with Gasteiger partial charge in [0.2, 0.25) is 5.91 Å². The Balaban J connectivity index is 1.81. The van der Waals surface area contributed by atoms with Gasteiger partial charge in [0.1, 0.15) is 0 Å². The zero-order valence-electron chi connectivity index (χ0n) is 15.1. The third-order valence-corrected chi connectivity index (χ3v) is 6.98. The number of ketones is 1. The molecule has 0 saturated carbocycles. The van der Waals surface area contributed by atoms with Crippen molar-refractivity contribution in [3.63, 3.8) is 0 Å². The molecule has 1 aromatic carbocycles. The first-order valence-electron chi connectivity index (χ1n) is 8.37. The molecular weight excluding hydrogens is 386 g/mol. The Morgan fingerprint density at radius 3 is 2.38 bits per heavy atom. The average molecular weight is 410 g/mol. The van der Waals surface area contributed by atoms with Crippen molar-refractivity contribution in [3.05, 3.63) is 35.9 Å². The van der Waals surface area contributed by atoms with E-state index in [0.29, 0.717) is 12.3 Å². The Labute approximate surface area is 166 Å². The molecule has 0 saturated heterocycles. The molecule has 1 heterocycles. The first kappa shape index (κ1) is 20.9. The molecule has 26 heavy (non-hydrogen) atoms. The maximum Gasteiger partial charge on any atom is 0.231 e. The zero-order chi connectivity index (χ0) is 18.9. The predicted molar refractivity (Wildman–Crippen MR) is 109 cm³/mol. The van der Waals surface area contributed by atoms with Crippen LogP contribution in [0.15, 0.2) is 39.0 Å². The number of hydrogen-bond acceptors (Lipinski definition) is 7. The van der Waals surface area contributed by atoms with Gasteiger partial charge in [-0.05, 0) is 24.8 Å². The summed E-state index contributed by atoms with van der Waals surface area (Å²) in [6, 6.07) is 9.18. The first-order chi connectivity index (χ1) is 12.4. The van der Waals surface area contributed by atoms with Crippen LogP contribution in [0.25, 0.3) is 0 Å². The second-order valence-electron chi connectivity index (χ2n) is 6.25. The lowest BCUT2D eigenvalue weighted by Crippen LogP contribution is -2.42. The van der Waals surface area contributed by atoms with Crippen molar-refractivity contribution in [1.82, 2.24) is 15.5 Å². The van der Waals surface area contributed by atoms with E-state index in [4.69, 9.17) is 0 Å². The molecule has 0 aliphatic rings. The summed E-state index contributed by atoms with van der Waals surface area (Å²) in [6.07, 6.45) is 0.501. The summed E-state index contributed by atoms with van der Waals surface area (Å²) in [4.78, 5) is 24.1. The average Bonchev–Trinajstić information content (AvgIpc) is 3.06. The van der Waals surface area contributed by atoms with Crippen molar-refractivity contribution in [3.8, 4) is 0 Å². The number of amides is 1. The van der Waals surface area contributed by atoms with Crippen LogP contribution in [0.4, 0.5) is 0 Å². The number of benzene rings is 1. The molecular formula is C18H23N3O2S3. The topological polar surface area (TPSA) is 72.0 Å². The quantitative estimate of drug-likeness (QED) is 0.603. The highest BCUT2D eigenvalue weighted by molar-refractivity contribution is 8.03. The van der Waals surface area contributed by atoms with Crippen LogP contribution in [0.2, 0.25) is 0 Å². The van der Waals surface area contributed by atoms with E-state index in [0.717, 1.165) is 20.0 Å². The van der Waals surface area contributed by atoms with Crippen molar-refractivity contribution < 1.29 is 9.59 Å². The van der Waals surface area contributed by atoms with Crippen molar-refractivity contribution in [1.29, 1.82) is 0 Å². The third-order valence-electron chi connectivity index (χ3n) is 3.36. The molecule has 0 unspecified atom stereocenters. The van der Waals surface area contributed by atoms with Crippen molar-refractivity contribution in [2.75, 3.05) is 11.5 Å². The lowest BCUT2D eigenvalue weighted by Gasteiger charge is -2.15. The normalized spacial score (nSPS) is 12.2. The van der Waals surface area contributed by atoms with Gasteiger partial charge in [-0.1, -0.05) is 79.0 Å². The fourth-order valence-electron chi connectivity index (χ4n) is 2.06. The number of carbonyl (C=O) groups is 2. The largest absolute Gasteiger partial charge is 0.345 e. The molecule has 0 aliphatic carbocycles. The van der Waals surface area contributed by atoms with Gasteiger partial charge in [-0.25, -0.2) is 0 Å². The molecule has 2 aromatic rings. The number of Topliss-reactive ketones (excluding diaryl/α,β-unsaturated/α-hetero) is 1. The molecule has 0 aliphatic heterocycles. The Morgan fingerprint density at radius 1 is 1.12 bits per heavy atom. The van der Waals surface area contributed by atoms with E-state index in [-0.39, 0.29) is 17.4 Å². The van der Waals surface area contributed by atoms with E-state index in [9.17, 15) is 9.59 Å². The Kier molecular flexibility index (Phi) is 8.61. The van der Waals surface area contributed by atoms with E-state index < -0.39 is 6.04 Å². The van der Waals surface area contributed by atoms with E-state index in [1.807, 2.05) is 30.3 Å². The van der Waals surface area contributed by atoms with Crippen molar-refractivity contribution in [2.45, 2.75) is 41.9 Å². The lowest BCUT2D eigenvalue weighted by atomic mass is 10.0. The molecule has 1 N–H and O–H groups in total. The van der Waals surface area contributed by atoms with Gasteiger partial charge in [-0.2, -0.15) is 0 Å². The van der Waals surface area contributed by atoms with Crippen LogP contribution in [0, 0.1) is 5.92 Å². The SMILES string of the molecule is CC(=O)[C@H](Cc1ccccc1)NC(=O)CSc1nnc(SCC(C)C)s1. The van der Waals surface area contributed by atoms with Crippen molar-refractivity contribution in [2.24, 2.45) is 5.92 Å². The highest BCUT2D eigenvalue weighted by Gasteiger charge is 2.18. The maximum atomic E-state index is 12.2. The van der Waals surface area contributed by atoms with Gasteiger partial charge < -0.3 is 5.32 Å². The highest BCUT2D eigenvalue weighted by atomic mass is 32.2. The van der Waals surface area contributed by atoms with Gasteiger partial charge >= 0.3 is 0 Å². The number of rotatable bonds is 10. The molecule has 1 amide bonds. The number of carbonyl (C=O) groups excluding carboxylic acids is 2. The van der Waals surface area contributed by atoms with Gasteiger partial charge in [0.05, 0.1) is 11.8 Å². The fourth-order valence-corrected chi connectivity index (χ4v) is 4.87. The maximum absolute atomic E-state index is 12.2. The van der Waals surface area contributed by atoms with Crippen LogP contribution < -0.4 is 5.32 Å². The van der Waals surface area contributed by atoms with Gasteiger partial charge in [0.25, 0.3) is 0 Å². The third kappa shape index (κ3) is 7.47. The zero-order valence-corrected chi connectivity index (χ0v) is 17.5. The van der Waals surface area contributed by atoms with Crippen LogP contribution in [-0.2, 0) is 16.0 Å². The van der Waals surface area contributed by atoms with Gasteiger partial charge in [0.15, 0.2) is 14.5 Å². The summed E-state index contributed by atoms with van der Waals surface area (Å²) in [5.41, 5.74) is 1.02. The standard InChI is InChI=1S/C18H23N3O2S3/c1-12(2)10-24-17-20-21-18(26-17)25-11-16(23)19-15(13(3)22)9-14-7-5-4-6-8-14/h4-8,12,15H,9-11H2,1-3H3,(H,19,23)/t15-/m0/s1. The van der Waals surface area contributed by atoms with E-state index >= 15 is 0 Å². The number of aromatic nitrogens is 2. The molecule has 140 valence electrons. The van der Waals surface area contributed by atoms with E-state index in [1.165, 1.54) is 30.0 Å². The monoisotopic (exact) mass is 409 g/mol. The minimum absolute atomic E-state index is 0.0458. The lowest BCUT2D eigenvalue weighted by molar-refractivity contribution is -0.125. The van der Waals surface area contributed by atoms with Crippen LogP contribution in [0.3, 0.4) is 0 Å². The predicted octanol–water partition coefficient (Wildman–Crippen LogP) is 3.69. The molecule has 5 nitrogen and oxygen atoms in total. The molecule has 0 spiro atoms. The van der Waals surface area contributed by atoms with E-state index in [1.54, 1.807) is 11.8 Å². The van der Waals surface area contributed by atoms with Gasteiger partial charge in [-0.3, -0.25) is 9.59 Å². The first-order valence-corrected chi connectivity index (χ1v) is 11.2. The van der Waals surface area contributed by atoms with Crippen molar-refractivity contribution >= 4 is 46.6 Å². The molecule has 0 fully saturated rings. The minimum Gasteiger partial charge on any atom is -0.345 e. The molecule has 0 bridgehead atoms. The molecule has 1 atom stereocenters. The Bertz CT molecular complexity index is 719. The van der Waals surface area contributed by atoms with Crippen LogP contribution >= 0.6 is 34.9 Å². The Hall–Kier alpha value is -1.38. The van der Waals surface area contributed by atoms with Crippen LogP contribution in [0.5, 0.6) is 0 Å². The highest BCUT2D eigenvalue weighted by Crippen LogP contribution is 2.29. The summed E-state index contributed by atoms with van der Waals surface area (Å²) in [5.74, 6) is 1.61.